The minimum absolute atomic E-state index is 0.0948. The molecular weight excluding hydrogens is 220 g/mol. The molecule has 3 nitrogen and oxygen atoms in total. The highest BCUT2D eigenvalue weighted by atomic mass is 32.1. The van der Waals surface area contributed by atoms with Gasteiger partial charge in [-0.1, -0.05) is 0 Å². The zero-order valence-corrected chi connectivity index (χ0v) is 10.8. The van der Waals surface area contributed by atoms with Crippen LogP contribution in [-0.4, -0.2) is 30.4 Å². The number of nitrogens with zero attached hydrogens (tertiary/aromatic N) is 1. The van der Waals surface area contributed by atoms with Crippen molar-refractivity contribution in [2.75, 3.05) is 13.6 Å². The fourth-order valence-corrected chi connectivity index (χ4v) is 3.15. The molecule has 1 aromatic rings. The van der Waals surface area contributed by atoms with Crippen molar-refractivity contribution in [2.24, 2.45) is 0 Å². The summed E-state index contributed by atoms with van der Waals surface area (Å²) in [6.45, 7) is 4.88. The van der Waals surface area contributed by atoms with E-state index in [1.807, 2.05) is 18.9 Å². The van der Waals surface area contributed by atoms with Crippen LogP contribution in [0.2, 0.25) is 0 Å². The Morgan fingerprint density at radius 3 is 3.12 bits per heavy atom. The summed E-state index contributed by atoms with van der Waals surface area (Å²) in [5.74, 6) is 0.201. The third kappa shape index (κ3) is 1.87. The van der Waals surface area contributed by atoms with Crippen molar-refractivity contribution in [3.63, 3.8) is 0 Å². The van der Waals surface area contributed by atoms with Gasteiger partial charge in [0.2, 0.25) is 5.91 Å². The Morgan fingerprint density at radius 1 is 1.69 bits per heavy atom. The Balaban J connectivity index is 2.18. The maximum absolute atomic E-state index is 12.1. The molecule has 4 heteroatoms. The van der Waals surface area contributed by atoms with E-state index >= 15 is 0 Å². The second kappa shape index (κ2) is 4.55. The summed E-state index contributed by atoms with van der Waals surface area (Å²) < 4.78 is 0. The highest BCUT2D eigenvalue weighted by Crippen LogP contribution is 2.32. The lowest BCUT2D eigenvalue weighted by Crippen LogP contribution is -2.47. The van der Waals surface area contributed by atoms with Crippen molar-refractivity contribution >= 4 is 17.2 Å². The minimum Gasteiger partial charge on any atom is -0.334 e. The van der Waals surface area contributed by atoms with Crippen molar-refractivity contribution in [2.45, 2.75) is 32.4 Å². The summed E-state index contributed by atoms with van der Waals surface area (Å²) >= 11 is 1.80. The van der Waals surface area contributed by atoms with Gasteiger partial charge in [0.15, 0.2) is 0 Å². The normalized spacial score (nSPS) is 21.7. The third-order valence-corrected chi connectivity index (χ3v) is 4.36. The van der Waals surface area contributed by atoms with Crippen molar-refractivity contribution in [3.05, 3.63) is 21.9 Å². The maximum Gasteiger partial charge on any atom is 0.239 e. The molecular formula is C12H18N2OS. The molecule has 1 aromatic heterocycles. The number of hydrogen-bond acceptors (Lipinski definition) is 3. The van der Waals surface area contributed by atoms with Gasteiger partial charge in [0, 0.05) is 11.4 Å². The van der Waals surface area contributed by atoms with Crippen LogP contribution in [0.3, 0.4) is 0 Å². The van der Waals surface area contributed by atoms with Crippen LogP contribution in [0.4, 0.5) is 0 Å². The van der Waals surface area contributed by atoms with Gasteiger partial charge in [-0.3, -0.25) is 4.79 Å². The fraction of sp³-hybridized carbons (Fsp3) is 0.583. The lowest BCUT2D eigenvalue weighted by Gasteiger charge is -2.35. The molecule has 0 saturated carbocycles. The molecule has 0 saturated heterocycles. The Labute approximate surface area is 100 Å². The summed E-state index contributed by atoms with van der Waals surface area (Å²) in [7, 11) is 1.83. The van der Waals surface area contributed by atoms with E-state index in [-0.39, 0.29) is 18.0 Å². The van der Waals surface area contributed by atoms with E-state index < -0.39 is 0 Å². The number of fused-ring (bicyclic) bond motifs is 1. The van der Waals surface area contributed by atoms with E-state index in [0.29, 0.717) is 0 Å². The van der Waals surface area contributed by atoms with Gasteiger partial charge in [-0.05, 0) is 44.3 Å². The van der Waals surface area contributed by atoms with Gasteiger partial charge in [-0.25, -0.2) is 0 Å². The first kappa shape index (κ1) is 11.6. The smallest absolute Gasteiger partial charge is 0.239 e. The molecule has 0 spiro atoms. The molecule has 1 amide bonds. The molecule has 16 heavy (non-hydrogen) atoms. The lowest BCUT2D eigenvalue weighted by atomic mass is 10.0. The van der Waals surface area contributed by atoms with E-state index in [4.69, 9.17) is 0 Å². The molecule has 2 rings (SSSR count). The molecule has 1 aliphatic heterocycles. The Morgan fingerprint density at radius 2 is 2.44 bits per heavy atom. The van der Waals surface area contributed by atoms with Crippen LogP contribution < -0.4 is 5.32 Å². The second-order valence-electron chi connectivity index (χ2n) is 4.27. The largest absolute Gasteiger partial charge is 0.334 e. The topological polar surface area (TPSA) is 32.3 Å². The zero-order chi connectivity index (χ0) is 11.7. The first-order valence-corrected chi connectivity index (χ1v) is 6.57. The summed E-state index contributed by atoms with van der Waals surface area (Å²) in [6.07, 6.45) is 1.000. The van der Waals surface area contributed by atoms with Crippen LogP contribution in [0, 0.1) is 0 Å². The van der Waals surface area contributed by atoms with Gasteiger partial charge in [0.05, 0.1) is 12.1 Å². The number of likely N-dealkylation sites (N-methyl/N-ethyl adjacent to an activating group) is 1. The molecule has 0 fully saturated rings. The molecule has 1 N–H and O–H groups in total. The van der Waals surface area contributed by atoms with Crippen LogP contribution >= 0.6 is 11.3 Å². The predicted molar refractivity (Wildman–Crippen MR) is 66.7 cm³/mol. The third-order valence-electron chi connectivity index (χ3n) is 3.36. The predicted octanol–water partition coefficient (Wildman–Crippen LogP) is 1.80. The summed E-state index contributed by atoms with van der Waals surface area (Å²) in [5.41, 5.74) is 1.33. The number of rotatable bonds is 2. The Kier molecular flexibility index (Phi) is 3.30. The molecule has 0 bridgehead atoms. The number of nitrogens with one attached hydrogen (secondary N) is 1. The average Bonchev–Trinajstić information content (AvgIpc) is 2.76. The number of thiophene rings is 1. The van der Waals surface area contributed by atoms with Gasteiger partial charge < -0.3 is 10.2 Å². The number of carbonyl (C=O) groups is 1. The highest BCUT2D eigenvalue weighted by Gasteiger charge is 2.30. The van der Waals surface area contributed by atoms with Crippen LogP contribution in [0.5, 0.6) is 0 Å². The molecule has 88 valence electrons. The summed E-state index contributed by atoms with van der Waals surface area (Å²) in [4.78, 5) is 15.6. The van der Waals surface area contributed by atoms with Crippen molar-refractivity contribution in [1.82, 2.24) is 10.2 Å². The highest BCUT2D eigenvalue weighted by molar-refractivity contribution is 7.10. The zero-order valence-electron chi connectivity index (χ0n) is 9.99. The van der Waals surface area contributed by atoms with Gasteiger partial charge in [-0.15, -0.1) is 11.3 Å². The van der Waals surface area contributed by atoms with E-state index in [1.54, 1.807) is 11.3 Å². The van der Waals surface area contributed by atoms with Gasteiger partial charge >= 0.3 is 0 Å². The number of amides is 1. The van der Waals surface area contributed by atoms with Crippen LogP contribution in [0.1, 0.15) is 30.3 Å². The average molecular weight is 238 g/mol. The SMILES string of the molecule is CNC(C)C(=O)N1CCc2sccc2C1C. The molecule has 0 aromatic carbocycles. The van der Waals surface area contributed by atoms with E-state index in [1.165, 1.54) is 10.4 Å². The number of carbonyl (C=O) groups excluding carboxylic acids is 1. The molecule has 2 atom stereocenters. The molecule has 1 aliphatic rings. The molecule has 0 aliphatic carbocycles. The fourth-order valence-electron chi connectivity index (χ4n) is 2.18. The van der Waals surface area contributed by atoms with Gasteiger partial charge in [-0.2, -0.15) is 0 Å². The van der Waals surface area contributed by atoms with E-state index in [0.717, 1.165) is 13.0 Å². The standard InChI is InChI=1S/C12H18N2OS/c1-8(13-3)12(15)14-6-4-11-10(9(14)2)5-7-16-11/h5,7-9,13H,4,6H2,1-3H3. The summed E-state index contributed by atoms with van der Waals surface area (Å²) in [5, 5.41) is 5.13. The Bertz CT molecular complexity index is 388. The first-order valence-electron chi connectivity index (χ1n) is 5.69. The maximum atomic E-state index is 12.1. The number of hydrogen-bond donors (Lipinski definition) is 1. The van der Waals surface area contributed by atoms with Gasteiger partial charge in [0.1, 0.15) is 0 Å². The monoisotopic (exact) mass is 238 g/mol. The molecule has 2 unspecified atom stereocenters. The molecule has 0 radical (unpaired) electrons. The van der Waals surface area contributed by atoms with E-state index in [9.17, 15) is 4.79 Å². The summed E-state index contributed by atoms with van der Waals surface area (Å²) in [6, 6.07) is 2.27. The van der Waals surface area contributed by atoms with Crippen LogP contribution in [-0.2, 0) is 11.2 Å². The van der Waals surface area contributed by atoms with Crippen molar-refractivity contribution in [1.29, 1.82) is 0 Å². The first-order chi connectivity index (χ1) is 7.65. The van der Waals surface area contributed by atoms with Crippen LogP contribution in [0.25, 0.3) is 0 Å². The van der Waals surface area contributed by atoms with Crippen LogP contribution in [0.15, 0.2) is 11.4 Å². The molecule has 2 heterocycles. The lowest BCUT2D eigenvalue weighted by molar-refractivity contribution is -0.135. The van der Waals surface area contributed by atoms with Crippen molar-refractivity contribution in [3.8, 4) is 0 Å². The minimum atomic E-state index is -0.0948. The quantitative estimate of drug-likeness (QED) is 0.852. The van der Waals surface area contributed by atoms with Crippen molar-refractivity contribution < 1.29 is 4.79 Å². The van der Waals surface area contributed by atoms with Gasteiger partial charge in [0.25, 0.3) is 0 Å². The Hall–Kier alpha value is -0.870. The second-order valence-corrected chi connectivity index (χ2v) is 5.27. The van der Waals surface area contributed by atoms with E-state index in [2.05, 4.69) is 23.7 Å².